The van der Waals surface area contributed by atoms with Crippen molar-refractivity contribution < 1.29 is 4.39 Å². The van der Waals surface area contributed by atoms with Crippen LogP contribution in [0.5, 0.6) is 0 Å². The summed E-state index contributed by atoms with van der Waals surface area (Å²) in [4.78, 5) is 2.15. The van der Waals surface area contributed by atoms with Crippen LogP contribution < -0.4 is 5.32 Å². The van der Waals surface area contributed by atoms with E-state index in [1.54, 1.807) is 12.1 Å². The number of thiocarbonyl (C=S) groups is 1. The quantitative estimate of drug-likeness (QED) is 0.788. The topological polar surface area (TPSA) is 15.3 Å². The van der Waals surface area contributed by atoms with E-state index in [0.29, 0.717) is 11.0 Å². The molecule has 0 amide bonds. The molecule has 2 rings (SSSR count). The molecule has 1 unspecified atom stereocenters. The van der Waals surface area contributed by atoms with Crippen LogP contribution in [0, 0.1) is 11.7 Å². The van der Waals surface area contributed by atoms with Gasteiger partial charge < -0.3 is 10.2 Å². The molecule has 0 aliphatic carbocycles. The van der Waals surface area contributed by atoms with E-state index in [4.69, 9.17) is 23.8 Å². The lowest BCUT2D eigenvalue weighted by Gasteiger charge is -2.33. The Labute approximate surface area is 117 Å². The van der Waals surface area contributed by atoms with Crippen LogP contribution in [0.4, 0.5) is 10.1 Å². The Morgan fingerprint density at radius 1 is 1.56 bits per heavy atom. The normalized spacial score (nSPS) is 19.7. The lowest BCUT2D eigenvalue weighted by molar-refractivity contribution is 0.276. The third-order valence-corrected chi connectivity index (χ3v) is 3.77. The van der Waals surface area contributed by atoms with Gasteiger partial charge in [-0.05, 0) is 49.2 Å². The van der Waals surface area contributed by atoms with Gasteiger partial charge in [-0.2, -0.15) is 0 Å². The minimum atomic E-state index is -0.417. The number of halogens is 2. The molecule has 1 aromatic rings. The molecule has 1 heterocycles. The van der Waals surface area contributed by atoms with Crippen LogP contribution in [0.1, 0.15) is 19.8 Å². The van der Waals surface area contributed by atoms with Gasteiger partial charge in [0.1, 0.15) is 5.82 Å². The molecule has 0 aromatic heterocycles. The first kappa shape index (κ1) is 13.6. The van der Waals surface area contributed by atoms with Crippen LogP contribution in [-0.4, -0.2) is 23.1 Å². The first-order chi connectivity index (χ1) is 8.56. The van der Waals surface area contributed by atoms with Gasteiger partial charge in [-0.15, -0.1) is 0 Å². The molecule has 1 aliphatic heterocycles. The Morgan fingerprint density at radius 2 is 2.33 bits per heavy atom. The zero-order valence-corrected chi connectivity index (χ0v) is 11.8. The average molecular weight is 287 g/mol. The van der Waals surface area contributed by atoms with Crippen molar-refractivity contribution in [2.24, 2.45) is 5.92 Å². The highest BCUT2D eigenvalue weighted by Crippen LogP contribution is 2.21. The largest absolute Gasteiger partial charge is 0.349 e. The standard InChI is InChI=1S/C13H16ClFN2S/c1-9-3-2-6-17(8-9)13(18)16-10-4-5-12(15)11(14)7-10/h4-5,7,9H,2-3,6,8H2,1H3,(H,16,18). The molecule has 0 spiro atoms. The first-order valence-corrected chi connectivity index (χ1v) is 6.86. The maximum atomic E-state index is 13.0. The number of piperidine rings is 1. The smallest absolute Gasteiger partial charge is 0.173 e. The Balaban J connectivity index is 2.00. The molecule has 1 aliphatic rings. The van der Waals surface area contributed by atoms with Gasteiger partial charge in [-0.3, -0.25) is 0 Å². The average Bonchev–Trinajstić information content (AvgIpc) is 2.34. The van der Waals surface area contributed by atoms with Crippen LogP contribution >= 0.6 is 23.8 Å². The van der Waals surface area contributed by atoms with E-state index in [9.17, 15) is 4.39 Å². The molecule has 0 radical (unpaired) electrons. The van der Waals surface area contributed by atoms with Gasteiger partial charge in [0.2, 0.25) is 0 Å². The van der Waals surface area contributed by atoms with Gasteiger partial charge in [0.25, 0.3) is 0 Å². The first-order valence-electron chi connectivity index (χ1n) is 6.07. The molecular formula is C13H16ClFN2S. The number of nitrogens with zero attached hydrogens (tertiary/aromatic N) is 1. The van der Waals surface area contributed by atoms with Crippen molar-refractivity contribution >= 4 is 34.6 Å². The van der Waals surface area contributed by atoms with Gasteiger partial charge in [0, 0.05) is 18.8 Å². The van der Waals surface area contributed by atoms with Crippen LogP contribution in [0.3, 0.4) is 0 Å². The Morgan fingerprint density at radius 3 is 3.00 bits per heavy atom. The van der Waals surface area contributed by atoms with Crippen molar-refractivity contribution in [3.8, 4) is 0 Å². The van der Waals surface area contributed by atoms with E-state index in [1.165, 1.54) is 12.5 Å². The molecule has 1 N–H and O–H groups in total. The molecular weight excluding hydrogens is 271 g/mol. The van der Waals surface area contributed by atoms with Crippen LogP contribution in [-0.2, 0) is 0 Å². The van der Waals surface area contributed by atoms with Crippen LogP contribution in [0.25, 0.3) is 0 Å². The number of hydrogen-bond donors (Lipinski definition) is 1. The second-order valence-corrected chi connectivity index (χ2v) is 5.55. The number of rotatable bonds is 1. The van der Waals surface area contributed by atoms with Crippen LogP contribution in [0.15, 0.2) is 18.2 Å². The third kappa shape index (κ3) is 3.33. The molecule has 98 valence electrons. The number of hydrogen-bond acceptors (Lipinski definition) is 1. The van der Waals surface area contributed by atoms with Gasteiger partial charge in [-0.1, -0.05) is 18.5 Å². The molecule has 5 heteroatoms. The van der Waals surface area contributed by atoms with E-state index < -0.39 is 5.82 Å². The van der Waals surface area contributed by atoms with Crippen molar-refractivity contribution in [2.75, 3.05) is 18.4 Å². The summed E-state index contributed by atoms with van der Waals surface area (Å²) in [5, 5.41) is 3.90. The molecule has 1 atom stereocenters. The second-order valence-electron chi connectivity index (χ2n) is 4.75. The van der Waals surface area contributed by atoms with Gasteiger partial charge in [-0.25, -0.2) is 4.39 Å². The SMILES string of the molecule is CC1CCCN(C(=S)Nc2ccc(F)c(Cl)c2)C1. The summed E-state index contributed by atoms with van der Waals surface area (Å²) in [5.41, 5.74) is 0.727. The Bertz CT molecular complexity index is 453. The summed E-state index contributed by atoms with van der Waals surface area (Å²) >= 11 is 11.1. The molecule has 1 fully saturated rings. The van der Waals surface area contributed by atoms with Crippen molar-refractivity contribution in [2.45, 2.75) is 19.8 Å². The minimum Gasteiger partial charge on any atom is -0.349 e. The monoisotopic (exact) mass is 286 g/mol. The molecule has 0 saturated carbocycles. The molecule has 2 nitrogen and oxygen atoms in total. The number of nitrogens with one attached hydrogen (secondary N) is 1. The minimum absolute atomic E-state index is 0.106. The fourth-order valence-corrected chi connectivity index (χ4v) is 2.61. The van der Waals surface area contributed by atoms with Crippen molar-refractivity contribution in [3.05, 3.63) is 29.0 Å². The Kier molecular flexibility index (Phi) is 4.40. The van der Waals surface area contributed by atoms with Crippen molar-refractivity contribution in [1.29, 1.82) is 0 Å². The summed E-state index contributed by atoms with van der Waals surface area (Å²) in [6.45, 7) is 4.18. The van der Waals surface area contributed by atoms with E-state index in [-0.39, 0.29) is 5.02 Å². The van der Waals surface area contributed by atoms with Crippen molar-refractivity contribution in [1.82, 2.24) is 4.90 Å². The maximum Gasteiger partial charge on any atom is 0.173 e. The fourth-order valence-electron chi connectivity index (χ4n) is 2.15. The molecule has 18 heavy (non-hydrogen) atoms. The number of anilines is 1. The zero-order valence-electron chi connectivity index (χ0n) is 10.2. The summed E-state index contributed by atoms with van der Waals surface area (Å²) in [7, 11) is 0. The van der Waals surface area contributed by atoms with E-state index in [1.807, 2.05) is 0 Å². The van der Waals surface area contributed by atoms with E-state index in [0.717, 1.165) is 25.2 Å². The summed E-state index contributed by atoms with van der Waals surface area (Å²) in [6, 6.07) is 4.53. The summed E-state index contributed by atoms with van der Waals surface area (Å²) < 4.78 is 13.0. The molecule has 1 saturated heterocycles. The molecule has 1 aromatic carbocycles. The van der Waals surface area contributed by atoms with Gasteiger partial charge >= 0.3 is 0 Å². The summed E-state index contributed by atoms with van der Waals surface area (Å²) in [5.74, 6) is 0.245. The van der Waals surface area contributed by atoms with E-state index >= 15 is 0 Å². The Hall–Kier alpha value is -0.870. The maximum absolute atomic E-state index is 13.0. The van der Waals surface area contributed by atoms with E-state index in [2.05, 4.69) is 17.1 Å². The highest BCUT2D eigenvalue weighted by atomic mass is 35.5. The van der Waals surface area contributed by atoms with Gasteiger partial charge in [0.15, 0.2) is 5.11 Å². The highest BCUT2D eigenvalue weighted by Gasteiger charge is 2.18. The third-order valence-electron chi connectivity index (χ3n) is 3.12. The highest BCUT2D eigenvalue weighted by molar-refractivity contribution is 7.80. The van der Waals surface area contributed by atoms with Crippen molar-refractivity contribution in [3.63, 3.8) is 0 Å². The zero-order chi connectivity index (χ0) is 13.1. The lowest BCUT2D eigenvalue weighted by atomic mass is 10.0. The predicted octanol–water partition coefficient (Wildman–Crippen LogP) is 3.91. The van der Waals surface area contributed by atoms with Gasteiger partial charge in [0.05, 0.1) is 5.02 Å². The summed E-state index contributed by atoms with van der Waals surface area (Å²) in [6.07, 6.45) is 2.41. The predicted molar refractivity (Wildman–Crippen MR) is 77.6 cm³/mol. The molecule has 0 bridgehead atoms. The van der Waals surface area contributed by atoms with Crippen LogP contribution in [0.2, 0.25) is 5.02 Å². The number of benzene rings is 1. The fraction of sp³-hybridized carbons (Fsp3) is 0.462. The second kappa shape index (κ2) is 5.85. The number of likely N-dealkylation sites (tertiary alicyclic amines) is 1. The lowest BCUT2D eigenvalue weighted by Crippen LogP contribution is -2.41.